The van der Waals surface area contributed by atoms with Gasteiger partial charge in [-0.1, -0.05) is 22.0 Å². The van der Waals surface area contributed by atoms with Crippen molar-refractivity contribution in [1.82, 2.24) is 4.90 Å². The van der Waals surface area contributed by atoms with E-state index in [9.17, 15) is 4.79 Å². The van der Waals surface area contributed by atoms with Crippen LogP contribution in [0, 0.1) is 0 Å². The highest BCUT2D eigenvalue weighted by Crippen LogP contribution is 2.41. The number of hydrogen-bond acceptors (Lipinski definition) is 3. The second kappa shape index (κ2) is 5.90. The number of piperazine rings is 1. The van der Waals surface area contributed by atoms with E-state index in [2.05, 4.69) is 57.0 Å². The summed E-state index contributed by atoms with van der Waals surface area (Å²) in [5.41, 5.74) is 12.1. The van der Waals surface area contributed by atoms with E-state index in [4.69, 9.17) is 5.73 Å². The SMILES string of the molecule is CN1CCN(c2ccc3c(c2)Cc2c(C(N)=O)cc(Br)cc2-3)CC1. The minimum atomic E-state index is -0.361. The molecule has 4 nitrogen and oxygen atoms in total. The molecule has 1 aliphatic carbocycles. The Morgan fingerprint density at radius 2 is 1.83 bits per heavy atom. The largest absolute Gasteiger partial charge is 0.369 e. The maximum atomic E-state index is 11.8. The number of likely N-dealkylation sites (N-methyl/N-ethyl adjacent to an activating group) is 1. The van der Waals surface area contributed by atoms with Gasteiger partial charge in [-0.3, -0.25) is 4.79 Å². The van der Waals surface area contributed by atoms with Crippen molar-refractivity contribution >= 4 is 27.5 Å². The van der Waals surface area contributed by atoms with Gasteiger partial charge in [0.15, 0.2) is 0 Å². The highest BCUT2D eigenvalue weighted by molar-refractivity contribution is 9.10. The second-order valence-electron chi connectivity index (χ2n) is 6.65. The average Bonchev–Trinajstić information content (AvgIpc) is 2.92. The predicted octanol–water partition coefficient (Wildman–Crippen LogP) is 2.87. The summed E-state index contributed by atoms with van der Waals surface area (Å²) in [5, 5.41) is 0. The number of halogens is 1. The number of carbonyl (C=O) groups excluding carboxylic acids is 1. The molecule has 2 aromatic carbocycles. The van der Waals surface area contributed by atoms with Crippen molar-refractivity contribution in [3.63, 3.8) is 0 Å². The van der Waals surface area contributed by atoms with Crippen molar-refractivity contribution in [3.8, 4) is 11.1 Å². The molecule has 2 aliphatic rings. The van der Waals surface area contributed by atoms with E-state index in [1.165, 1.54) is 16.8 Å². The van der Waals surface area contributed by atoms with Crippen molar-refractivity contribution < 1.29 is 4.79 Å². The van der Waals surface area contributed by atoms with Gasteiger partial charge in [-0.05, 0) is 60.0 Å². The third-order valence-corrected chi connectivity index (χ3v) is 5.55. The number of hydrogen-bond donors (Lipinski definition) is 1. The first-order valence-corrected chi connectivity index (χ1v) is 9.01. The molecule has 0 saturated carbocycles. The molecule has 0 aromatic heterocycles. The third-order valence-electron chi connectivity index (χ3n) is 5.09. The summed E-state index contributed by atoms with van der Waals surface area (Å²) in [6, 6.07) is 10.6. The fourth-order valence-corrected chi connectivity index (χ4v) is 4.19. The third kappa shape index (κ3) is 2.62. The summed E-state index contributed by atoms with van der Waals surface area (Å²) in [5.74, 6) is -0.361. The van der Waals surface area contributed by atoms with Crippen molar-refractivity contribution in [3.05, 3.63) is 51.5 Å². The first-order chi connectivity index (χ1) is 11.5. The molecule has 1 fully saturated rings. The number of rotatable bonds is 2. The quantitative estimate of drug-likeness (QED) is 0.737. The molecular formula is C19H20BrN3O. The monoisotopic (exact) mass is 385 g/mol. The van der Waals surface area contributed by atoms with Crippen molar-refractivity contribution in [2.45, 2.75) is 6.42 Å². The Morgan fingerprint density at radius 1 is 1.08 bits per heavy atom. The summed E-state index contributed by atoms with van der Waals surface area (Å²) in [6.07, 6.45) is 0.776. The molecular weight excluding hydrogens is 366 g/mol. The van der Waals surface area contributed by atoms with Crippen LogP contribution in [0.2, 0.25) is 0 Å². The van der Waals surface area contributed by atoms with Gasteiger partial charge in [-0.2, -0.15) is 0 Å². The zero-order valence-corrected chi connectivity index (χ0v) is 15.3. The molecule has 0 radical (unpaired) electrons. The van der Waals surface area contributed by atoms with E-state index in [0.29, 0.717) is 5.56 Å². The van der Waals surface area contributed by atoms with Gasteiger partial charge in [-0.15, -0.1) is 0 Å². The minimum Gasteiger partial charge on any atom is -0.369 e. The van der Waals surface area contributed by atoms with Crippen molar-refractivity contribution in [2.24, 2.45) is 5.73 Å². The maximum absolute atomic E-state index is 11.8. The van der Waals surface area contributed by atoms with Gasteiger partial charge in [-0.25, -0.2) is 0 Å². The van der Waals surface area contributed by atoms with E-state index in [0.717, 1.165) is 48.2 Å². The van der Waals surface area contributed by atoms with Gasteiger partial charge in [0.05, 0.1) is 0 Å². The van der Waals surface area contributed by atoms with Crippen LogP contribution < -0.4 is 10.6 Å². The minimum absolute atomic E-state index is 0.361. The predicted molar refractivity (Wildman–Crippen MR) is 101 cm³/mol. The molecule has 124 valence electrons. The fraction of sp³-hybridized carbons (Fsp3) is 0.316. The molecule has 1 saturated heterocycles. The molecule has 5 heteroatoms. The first-order valence-electron chi connectivity index (χ1n) is 8.22. The lowest BCUT2D eigenvalue weighted by Gasteiger charge is -2.34. The number of nitrogens with two attached hydrogens (primary N) is 1. The molecule has 1 amide bonds. The van der Waals surface area contributed by atoms with Gasteiger partial charge in [0.2, 0.25) is 5.91 Å². The molecule has 24 heavy (non-hydrogen) atoms. The van der Waals surface area contributed by atoms with Crippen LogP contribution in [0.5, 0.6) is 0 Å². The normalized spacial score (nSPS) is 16.8. The Balaban J connectivity index is 1.71. The molecule has 0 unspecified atom stereocenters. The Hall–Kier alpha value is -1.85. The summed E-state index contributed by atoms with van der Waals surface area (Å²) in [4.78, 5) is 16.6. The number of anilines is 1. The van der Waals surface area contributed by atoms with Gasteiger partial charge in [0.1, 0.15) is 0 Å². The van der Waals surface area contributed by atoms with Crippen LogP contribution in [-0.4, -0.2) is 44.0 Å². The molecule has 1 heterocycles. The lowest BCUT2D eigenvalue weighted by atomic mass is 10.0. The zero-order valence-electron chi connectivity index (χ0n) is 13.7. The van der Waals surface area contributed by atoms with E-state index in [1.54, 1.807) is 0 Å². The smallest absolute Gasteiger partial charge is 0.249 e. The topological polar surface area (TPSA) is 49.6 Å². The van der Waals surface area contributed by atoms with Gasteiger partial charge >= 0.3 is 0 Å². The lowest BCUT2D eigenvalue weighted by molar-refractivity contribution is 0.0999. The van der Waals surface area contributed by atoms with Crippen LogP contribution in [0.4, 0.5) is 5.69 Å². The van der Waals surface area contributed by atoms with Crippen LogP contribution in [0.1, 0.15) is 21.5 Å². The number of carbonyl (C=O) groups is 1. The van der Waals surface area contributed by atoms with E-state index in [-0.39, 0.29) is 5.91 Å². The van der Waals surface area contributed by atoms with Crippen molar-refractivity contribution in [1.29, 1.82) is 0 Å². The van der Waals surface area contributed by atoms with Crippen LogP contribution in [-0.2, 0) is 6.42 Å². The summed E-state index contributed by atoms with van der Waals surface area (Å²) in [7, 11) is 2.17. The van der Waals surface area contributed by atoms with Crippen LogP contribution in [0.3, 0.4) is 0 Å². The number of primary amides is 1. The summed E-state index contributed by atoms with van der Waals surface area (Å²) in [6.45, 7) is 4.30. The standard InChI is InChI=1S/C19H20BrN3O/c1-22-4-6-23(7-5-22)14-2-3-15-12(8-14)9-16-17(15)10-13(20)11-18(16)19(21)24/h2-3,8,10-11H,4-7,9H2,1H3,(H2,21,24). The molecule has 0 spiro atoms. The highest BCUT2D eigenvalue weighted by atomic mass is 79.9. The number of amides is 1. The Bertz CT molecular complexity index is 826. The zero-order chi connectivity index (χ0) is 16.8. The second-order valence-corrected chi connectivity index (χ2v) is 7.57. The molecule has 0 atom stereocenters. The molecule has 0 bridgehead atoms. The Kier molecular flexibility index (Phi) is 3.85. The van der Waals surface area contributed by atoms with Crippen molar-refractivity contribution in [2.75, 3.05) is 38.1 Å². The average molecular weight is 386 g/mol. The molecule has 2 N–H and O–H groups in total. The van der Waals surface area contributed by atoms with Crippen LogP contribution in [0.15, 0.2) is 34.8 Å². The molecule has 1 aliphatic heterocycles. The molecule has 2 aromatic rings. The van der Waals surface area contributed by atoms with Gasteiger partial charge in [0.25, 0.3) is 0 Å². The Labute approximate surface area is 150 Å². The highest BCUT2D eigenvalue weighted by Gasteiger charge is 2.25. The fourth-order valence-electron chi connectivity index (χ4n) is 3.73. The van der Waals surface area contributed by atoms with Gasteiger partial charge in [0, 0.05) is 41.9 Å². The molecule has 4 rings (SSSR count). The van der Waals surface area contributed by atoms with E-state index >= 15 is 0 Å². The van der Waals surface area contributed by atoms with Crippen LogP contribution >= 0.6 is 15.9 Å². The summed E-state index contributed by atoms with van der Waals surface area (Å²) < 4.78 is 0.894. The number of nitrogens with zero attached hydrogens (tertiary/aromatic N) is 2. The Morgan fingerprint density at radius 3 is 2.54 bits per heavy atom. The summed E-state index contributed by atoms with van der Waals surface area (Å²) >= 11 is 3.50. The first kappa shape index (κ1) is 15.7. The van der Waals surface area contributed by atoms with E-state index in [1.807, 2.05) is 6.07 Å². The van der Waals surface area contributed by atoms with Gasteiger partial charge < -0.3 is 15.5 Å². The number of fused-ring (bicyclic) bond motifs is 3. The number of benzene rings is 2. The van der Waals surface area contributed by atoms with E-state index < -0.39 is 0 Å². The van der Waals surface area contributed by atoms with Crippen LogP contribution in [0.25, 0.3) is 11.1 Å². The maximum Gasteiger partial charge on any atom is 0.249 e. The lowest BCUT2D eigenvalue weighted by Crippen LogP contribution is -2.44.